The van der Waals surface area contributed by atoms with Crippen LogP contribution in [0.15, 0.2) is 39.9 Å². The Balaban J connectivity index is 1.75. The number of hydrogen-bond donors (Lipinski definition) is 1. The van der Waals surface area contributed by atoms with Crippen molar-refractivity contribution in [1.82, 2.24) is 4.31 Å². The van der Waals surface area contributed by atoms with Gasteiger partial charge in [0, 0.05) is 25.2 Å². The van der Waals surface area contributed by atoms with Gasteiger partial charge in [0.15, 0.2) is 0 Å². The van der Waals surface area contributed by atoms with E-state index in [9.17, 15) is 13.2 Å². The number of carbonyl (C=O) groups excluding carboxylic acids is 1. The molecule has 1 aliphatic rings. The van der Waals surface area contributed by atoms with Gasteiger partial charge >= 0.3 is 0 Å². The molecule has 1 aliphatic heterocycles. The molecule has 6 nitrogen and oxygen atoms in total. The van der Waals surface area contributed by atoms with Gasteiger partial charge in [-0.2, -0.15) is 15.6 Å². The van der Waals surface area contributed by atoms with E-state index < -0.39 is 10.0 Å². The summed E-state index contributed by atoms with van der Waals surface area (Å²) in [6.07, 6.45) is 3.77. The summed E-state index contributed by atoms with van der Waals surface area (Å²) < 4.78 is 32.8. The zero-order valence-corrected chi connectivity index (χ0v) is 16.9. The molecule has 0 atom stereocenters. The van der Waals surface area contributed by atoms with E-state index in [0.717, 1.165) is 24.8 Å². The molecule has 1 saturated heterocycles. The normalized spacial score (nSPS) is 15.4. The first-order valence-electron chi connectivity index (χ1n) is 9.00. The number of carbonyl (C=O) groups is 1. The number of rotatable bonds is 7. The van der Waals surface area contributed by atoms with Crippen LogP contribution in [-0.4, -0.2) is 38.8 Å². The monoisotopic (exact) mass is 408 g/mol. The second kappa shape index (κ2) is 8.86. The van der Waals surface area contributed by atoms with Crippen LogP contribution in [0.25, 0.3) is 0 Å². The Morgan fingerprint density at radius 3 is 2.67 bits per heavy atom. The average molecular weight is 409 g/mol. The number of aryl methyl sites for hydroxylation is 1. The highest BCUT2D eigenvalue weighted by Crippen LogP contribution is 2.31. The number of piperidine rings is 1. The zero-order chi connectivity index (χ0) is 19.3. The van der Waals surface area contributed by atoms with Crippen LogP contribution < -0.4 is 10.1 Å². The van der Waals surface area contributed by atoms with E-state index in [4.69, 9.17) is 4.74 Å². The molecule has 0 saturated carbocycles. The molecule has 1 aromatic carbocycles. The molecule has 3 rings (SSSR count). The van der Waals surface area contributed by atoms with Gasteiger partial charge in [-0.15, -0.1) is 0 Å². The van der Waals surface area contributed by atoms with Gasteiger partial charge in [0.25, 0.3) is 0 Å². The Kier molecular flexibility index (Phi) is 6.51. The third kappa shape index (κ3) is 4.88. The number of nitrogens with zero attached hydrogens (tertiary/aromatic N) is 1. The Bertz CT molecular complexity index is 873. The minimum atomic E-state index is -3.65. The summed E-state index contributed by atoms with van der Waals surface area (Å²) in [5.41, 5.74) is 1.58. The third-order valence-electron chi connectivity index (χ3n) is 4.60. The van der Waals surface area contributed by atoms with E-state index >= 15 is 0 Å². The van der Waals surface area contributed by atoms with Crippen molar-refractivity contribution in [3.8, 4) is 5.75 Å². The first kappa shape index (κ1) is 19.9. The summed E-state index contributed by atoms with van der Waals surface area (Å²) in [7, 11) is -2.20. The largest absolute Gasteiger partial charge is 0.495 e. The summed E-state index contributed by atoms with van der Waals surface area (Å²) in [5.74, 6) is 0.143. The molecule has 1 amide bonds. The molecule has 0 spiro atoms. The molecule has 2 heterocycles. The molecule has 0 unspecified atom stereocenters. The number of thiophene rings is 1. The maximum Gasteiger partial charge on any atom is 0.246 e. The first-order valence-corrected chi connectivity index (χ1v) is 11.4. The van der Waals surface area contributed by atoms with Crippen molar-refractivity contribution in [3.05, 3.63) is 40.6 Å². The fraction of sp³-hybridized carbons (Fsp3) is 0.421. The SMILES string of the molecule is COc1ccc(NC(=O)CCc2ccsc2)cc1S(=O)(=O)N1CCCCC1. The van der Waals surface area contributed by atoms with Crippen LogP contribution in [0, 0.1) is 0 Å². The molecule has 146 valence electrons. The van der Waals surface area contributed by atoms with Crippen LogP contribution in [0.3, 0.4) is 0 Å². The van der Waals surface area contributed by atoms with Crippen LogP contribution >= 0.6 is 11.3 Å². The summed E-state index contributed by atoms with van der Waals surface area (Å²) in [5, 5.41) is 6.80. The molecule has 1 aromatic heterocycles. The number of benzene rings is 1. The van der Waals surface area contributed by atoms with Gasteiger partial charge < -0.3 is 10.1 Å². The van der Waals surface area contributed by atoms with E-state index in [1.807, 2.05) is 16.8 Å². The molecule has 8 heteroatoms. The lowest BCUT2D eigenvalue weighted by Gasteiger charge is -2.26. The topological polar surface area (TPSA) is 75.7 Å². The number of nitrogens with one attached hydrogen (secondary N) is 1. The molecule has 1 N–H and O–H groups in total. The average Bonchev–Trinajstić information content (AvgIpc) is 3.21. The summed E-state index contributed by atoms with van der Waals surface area (Å²) in [4.78, 5) is 12.3. The number of ether oxygens (including phenoxy) is 1. The van der Waals surface area contributed by atoms with Crippen molar-refractivity contribution in [1.29, 1.82) is 0 Å². The van der Waals surface area contributed by atoms with Crippen molar-refractivity contribution in [2.75, 3.05) is 25.5 Å². The molecule has 27 heavy (non-hydrogen) atoms. The van der Waals surface area contributed by atoms with Gasteiger partial charge in [0.2, 0.25) is 15.9 Å². The summed E-state index contributed by atoms with van der Waals surface area (Å²) in [6, 6.07) is 6.74. The third-order valence-corrected chi connectivity index (χ3v) is 7.25. The van der Waals surface area contributed by atoms with Crippen molar-refractivity contribution in [2.45, 2.75) is 37.0 Å². The number of methoxy groups -OCH3 is 1. The van der Waals surface area contributed by atoms with Crippen molar-refractivity contribution < 1.29 is 17.9 Å². The molecular formula is C19H24N2O4S2. The van der Waals surface area contributed by atoms with Crippen LogP contribution in [0.1, 0.15) is 31.2 Å². The molecule has 0 radical (unpaired) electrons. The van der Waals surface area contributed by atoms with Gasteiger partial charge in [-0.05, 0) is 59.9 Å². The maximum atomic E-state index is 13.0. The fourth-order valence-electron chi connectivity index (χ4n) is 3.12. The highest BCUT2D eigenvalue weighted by atomic mass is 32.2. The molecule has 2 aromatic rings. The number of sulfonamides is 1. The molecular weight excluding hydrogens is 384 g/mol. The maximum absolute atomic E-state index is 13.0. The van der Waals surface area contributed by atoms with E-state index in [2.05, 4.69) is 5.32 Å². The first-order chi connectivity index (χ1) is 13.0. The van der Waals surface area contributed by atoms with Crippen molar-refractivity contribution in [2.24, 2.45) is 0 Å². The summed E-state index contributed by atoms with van der Waals surface area (Å²) >= 11 is 1.60. The second-order valence-corrected chi connectivity index (χ2v) is 9.20. The highest BCUT2D eigenvalue weighted by molar-refractivity contribution is 7.89. The molecule has 1 fully saturated rings. The fourth-order valence-corrected chi connectivity index (χ4v) is 5.52. The van der Waals surface area contributed by atoms with Crippen molar-refractivity contribution in [3.63, 3.8) is 0 Å². The second-order valence-electron chi connectivity index (χ2n) is 6.51. The van der Waals surface area contributed by atoms with Crippen molar-refractivity contribution >= 4 is 33.0 Å². The van der Waals surface area contributed by atoms with E-state index in [-0.39, 0.29) is 16.6 Å². The van der Waals surface area contributed by atoms with Crippen LogP contribution in [0.5, 0.6) is 5.75 Å². The Hall–Kier alpha value is -1.90. The minimum Gasteiger partial charge on any atom is -0.495 e. The predicted molar refractivity (Wildman–Crippen MR) is 107 cm³/mol. The smallest absolute Gasteiger partial charge is 0.246 e. The summed E-state index contributed by atoms with van der Waals surface area (Å²) in [6.45, 7) is 1.03. The van der Waals surface area contributed by atoms with Crippen LogP contribution in [-0.2, 0) is 21.2 Å². The van der Waals surface area contributed by atoms with Gasteiger partial charge in [0.1, 0.15) is 10.6 Å². The van der Waals surface area contributed by atoms with E-state index in [1.54, 1.807) is 23.5 Å². The van der Waals surface area contributed by atoms with Gasteiger partial charge in [-0.25, -0.2) is 8.42 Å². The lowest BCUT2D eigenvalue weighted by atomic mass is 10.2. The quantitative estimate of drug-likeness (QED) is 0.761. The van der Waals surface area contributed by atoms with Gasteiger partial charge in [0.05, 0.1) is 7.11 Å². The standard InChI is InChI=1S/C19H24N2O4S2/c1-25-17-7-6-16(20-19(22)8-5-15-9-12-26-14-15)13-18(17)27(23,24)21-10-3-2-4-11-21/h6-7,9,12-14H,2-5,8,10-11H2,1H3,(H,20,22). The Morgan fingerprint density at radius 2 is 2.00 bits per heavy atom. The van der Waals surface area contributed by atoms with Gasteiger partial charge in [-0.1, -0.05) is 6.42 Å². The lowest BCUT2D eigenvalue weighted by Crippen LogP contribution is -2.35. The van der Waals surface area contributed by atoms with E-state index in [1.165, 1.54) is 17.5 Å². The number of hydrogen-bond acceptors (Lipinski definition) is 5. The predicted octanol–water partition coefficient (Wildman–Crippen LogP) is 3.50. The van der Waals surface area contributed by atoms with E-state index in [0.29, 0.717) is 31.6 Å². The van der Waals surface area contributed by atoms with Gasteiger partial charge in [-0.3, -0.25) is 4.79 Å². The molecule has 0 bridgehead atoms. The lowest BCUT2D eigenvalue weighted by molar-refractivity contribution is -0.116. The Labute approximate surface area is 164 Å². The molecule has 0 aliphatic carbocycles. The number of anilines is 1. The Morgan fingerprint density at radius 1 is 1.22 bits per heavy atom. The van der Waals surface area contributed by atoms with Crippen LogP contribution in [0.4, 0.5) is 5.69 Å². The zero-order valence-electron chi connectivity index (χ0n) is 15.3. The number of amides is 1. The van der Waals surface area contributed by atoms with Crippen LogP contribution in [0.2, 0.25) is 0 Å². The minimum absolute atomic E-state index is 0.0996. The highest BCUT2D eigenvalue weighted by Gasteiger charge is 2.29.